The van der Waals surface area contributed by atoms with Gasteiger partial charge in [0.05, 0.1) is 4.92 Å². The van der Waals surface area contributed by atoms with E-state index in [1.54, 1.807) is 18.2 Å². The Labute approximate surface area is 117 Å². The van der Waals surface area contributed by atoms with Crippen molar-refractivity contribution < 1.29 is 9.72 Å². The minimum Gasteiger partial charge on any atom is -0.379 e. The zero-order chi connectivity index (χ0) is 15.0. The summed E-state index contributed by atoms with van der Waals surface area (Å²) in [4.78, 5) is 21.9. The first kappa shape index (κ1) is 15.9. The van der Waals surface area contributed by atoms with E-state index in [-0.39, 0.29) is 24.1 Å². The fourth-order valence-electron chi connectivity index (χ4n) is 1.55. The predicted octanol–water partition coefficient (Wildman–Crippen LogP) is 1.12. The second-order valence-corrected chi connectivity index (χ2v) is 4.44. The van der Waals surface area contributed by atoms with E-state index in [1.807, 2.05) is 14.0 Å². The molecule has 0 aliphatic heterocycles. The Morgan fingerprint density at radius 3 is 2.75 bits per heavy atom. The number of carbonyl (C=O) groups excluding carboxylic acids is 1. The van der Waals surface area contributed by atoms with Crippen LogP contribution in [0.3, 0.4) is 0 Å². The quantitative estimate of drug-likeness (QED) is 0.490. The molecule has 0 bridgehead atoms. The first-order valence-electron chi connectivity index (χ1n) is 6.46. The molecule has 3 N–H and O–H groups in total. The van der Waals surface area contributed by atoms with Crippen molar-refractivity contribution in [1.82, 2.24) is 10.6 Å². The fraction of sp³-hybridized carbons (Fsp3) is 0.462. The van der Waals surface area contributed by atoms with Crippen molar-refractivity contribution in [1.29, 1.82) is 0 Å². The second-order valence-electron chi connectivity index (χ2n) is 4.44. The van der Waals surface area contributed by atoms with Gasteiger partial charge in [0.15, 0.2) is 0 Å². The number of hydrogen-bond donors (Lipinski definition) is 3. The predicted molar refractivity (Wildman–Crippen MR) is 77.7 cm³/mol. The molecule has 1 aromatic rings. The lowest BCUT2D eigenvalue weighted by molar-refractivity contribution is -0.384. The molecule has 1 atom stereocenters. The largest absolute Gasteiger partial charge is 0.379 e. The van der Waals surface area contributed by atoms with Crippen LogP contribution in [0, 0.1) is 10.1 Å². The van der Waals surface area contributed by atoms with Crippen LogP contribution in [0.4, 0.5) is 11.4 Å². The number of nitro benzene ring substituents is 1. The highest BCUT2D eigenvalue weighted by Gasteiger charge is 2.12. The Hall–Kier alpha value is -2.15. The SMILES string of the molecule is CNC(C)CNC(=O)CCNc1ccccc1[N+](=O)[O-]. The third kappa shape index (κ3) is 5.23. The van der Waals surface area contributed by atoms with Crippen LogP contribution in [0.1, 0.15) is 13.3 Å². The normalized spacial score (nSPS) is 11.7. The standard InChI is InChI=1S/C13H20N4O3/c1-10(14-2)9-16-13(18)7-8-15-11-5-3-4-6-12(11)17(19)20/h3-6,10,14-15H,7-9H2,1-2H3,(H,16,18). The van der Waals surface area contributed by atoms with Crippen LogP contribution < -0.4 is 16.0 Å². The molecule has 7 nitrogen and oxygen atoms in total. The molecule has 0 heterocycles. The topological polar surface area (TPSA) is 96.3 Å². The molecule has 1 aromatic carbocycles. The number of carbonyl (C=O) groups is 1. The van der Waals surface area contributed by atoms with Crippen LogP contribution in [0.15, 0.2) is 24.3 Å². The zero-order valence-corrected chi connectivity index (χ0v) is 11.7. The molecule has 0 aromatic heterocycles. The summed E-state index contributed by atoms with van der Waals surface area (Å²) < 4.78 is 0. The highest BCUT2D eigenvalue weighted by atomic mass is 16.6. The van der Waals surface area contributed by atoms with E-state index < -0.39 is 4.92 Å². The maximum atomic E-state index is 11.6. The fourth-order valence-corrected chi connectivity index (χ4v) is 1.55. The highest BCUT2D eigenvalue weighted by molar-refractivity contribution is 5.76. The molecule has 1 amide bonds. The number of rotatable bonds is 8. The van der Waals surface area contributed by atoms with Gasteiger partial charge in [-0.1, -0.05) is 12.1 Å². The van der Waals surface area contributed by atoms with Gasteiger partial charge in [-0.15, -0.1) is 0 Å². The summed E-state index contributed by atoms with van der Waals surface area (Å²) in [5.41, 5.74) is 0.436. The van der Waals surface area contributed by atoms with Gasteiger partial charge in [0.1, 0.15) is 5.69 Å². The molecule has 1 rings (SSSR count). The van der Waals surface area contributed by atoms with Crippen molar-refractivity contribution >= 4 is 17.3 Å². The van der Waals surface area contributed by atoms with Gasteiger partial charge in [-0.3, -0.25) is 14.9 Å². The van der Waals surface area contributed by atoms with Crippen LogP contribution in [0.25, 0.3) is 0 Å². The lowest BCUT2D eigenvalue weighted by Gasteiger charge is -2.11. The van der Waals surface area contributed by atoms with E-state index in [9.17, 15) is 14.9 Å². The van der Waals surface area contributed by atoms with Crippen molar-refractivity contribution in [2.45, 2.75) is 19.4 Å². The molecule has 0 aliphatic rings. The Kier molecular flexibility index (Phi) is 6.45. The van der Waals surface area contributed by atoms with Crippen LogP contribution in [0.5, 0.6) is 0 Å². The Bertz CT molecular complexity index is 465. The van der Waals surface area contributed by atoms with E-state index in [1.165, 1.54) is 6.07 Å². The van der Waals surface area contributed by atoms with Gasteiger partial charge in [0, 0.05) is 31.6 Å². The minimum absolute atomic E-state index is 0.0108. The van der Waals surface area contributed by atoms with Crippen molar-refractivity contribution in [3.8, 4) is 0 Å². The zero-order valence-electron chi connectivity index (χ0n) is 11.7. The molecule has 7 heteroatoms. The molecule has 110 valence electrons. The van der Waals surface area contributed by atoms with E-state index in [0.29, 0.717) is 18.8 Å². The molecule has 1 unspecified atom stereocenters. The smallest absolute Gasteiger partial charge is 0.292 e. The lowest BCUT2D eigenvalue weighted by Crippen LogP contribution is -2.37. The first-order chi connectivity index (χ1) is 9.54. The summed E-state index contributed by atoms with van der Waals surface area (Å²) >= 11 is 0. The summed E-state index contributed by atoms with van der Waals surface area (Å²) in [7, 11) is 1.83. The summed E-state index contributed by atoms with van der Waals surface area (Å²) in [6.07, 6.45) is 0.266. The minimum atomic E-state index is -0.447. The van der Waals surface area contributed by atoms with Crippen molar-refractivity contribution in [3.05, 3.63) is 34.4 Å². The third-order valence-electron chi connectivity index (χ3n) is 2.87. The van der Waals surface area contributed by atoms with E-state index in [4.69, 9.17) is 0 Å². The van der Waals surface area contributed by atoms with Gasteiger partial charge in [-0.05, 0) is 20.0 Å². The van der Waals surface area contributed by atoms with Crippen molar-refractivity contribution in [3.63, 3.8) is 0 Å². The van der Waals surface area contributed by atoms with Gasteiger partial charge in [-0.2, -0.15) is 0 Å². The lowest BCUT2D eigenvalue weighted by atomic mass is 10.2. The van der Waals surface area contributed by atoms with E-state index >= 15 is 0 Å². The average Bonchev–Trinajstić information content (AvgIpc) is 2.45. The number of amides is 1. The maximum Gasteiger partial charge on any atom is 0.292 e. The Morgan fingerprint density at radius 1 is 1.40 bits per heavy atom. The molecule has 0 saturated heterocycles. The van der Waals surface area contributed by atoms with Gasteiger partial charge in [0.25, 0.3) is 5.69 Å². The number of benzene rings is 1. The number of para-hydroxylation sites is 2. The summed E-state index contributed by atoms with van der Waals surface area (Å²) in [5, 5.41) is 19.5. The Morgan fingerprint density at radius 2 is 2.10 bits per heavy atom. The Balaban J connectivity index is 2.37. The maximum absolute atomic E-state index is 11.6. The van der Waals surface area contributed by atoms with Gasteiger partial charge in [-0.25, -0.2) is 0 Å². The highest BCUT2D eigenvalue weighted by Crippen LogP contribution is 2.22. The summed E-state index contributed by atoms with van der Waals surface area (Å²) in [6, 6.07) is 6.58. The van der Waals surface area contributed by atoms with Crippen LogP contribution in [0.2, 0.25) is 0 Å². The third-order valence-corrected chi connectivity index (χ3v) is 2.87. The van der Waals surface area contributed by atoms with Crippen LogP contribution >= 0.6 is 0 Å². The molecule has 0 fully saturated rings. The van der Waals surface area contributed by atoms with E-state index in [0.717, 1.165) is 0 Å². The van der Waals surface area contributed by atoms with Gasteiger partial charge in [0.2, 0.25) is 5.91 Å². The number of nitrogens with one attached hydrogen (secondary N) is 3. The van der Waals surface area contributed by atoms with E-state index in [2.05, 4.69) is 16.0 Å². The number of nitrogens with zero attached hydrogens (tertiary/aromatic N) is 1. The second kappa shape index (κ2) is 8.11. The molecular weight excluding hydrogens is 260 g/mol. The first-order valence-corrected chi connectivity index (χ1v) is 6.46. The molecule has 0 aliphatic carbocycles. The molecule has 0 saturated carbocycles. The van der Waals surface area contributed by atoms with Crippen molar-refractivity contribution in [2.75, 3.05) is 25.5 Å². The summed E-state index contributed by atoms with van der Waals surface area (Å²) in [5.74, 6) is -0.0850. The van der Waals surface area contributed by atoms with Crippen LogP contribution in [-0.2, 0) is 4.79 Å². The number of hydrogen-bond acceptors (Lipinski definition) is 5. The monoisotopic (exact) mass is 280 g/mol. The molecular formula is C13H20N4O3. The van der Waals surface area contributed by atoms with Gasteiger partial charge < -0.3 is 16.0 Å². The number of anilines is 1. The van der Waals surface area contributed by atoms with Crippen LogP contribution in [-0.4, -0.2) is 37.0 Å². The van der Waals surface area contributed by atoms with Crippen molar-refractivity contribution in [2.24, 2.45) is 0 Å². The summed E-state index contributed by atoms with van der Waals surface area (Å²) in [6.45, 7) is 2.87. The average molecular weight is 280 g/mol. The number of likely N-dealkylation sites (N-methyl/N-ethyl adjacent to an activating group) is 1. The number of nitro groups is 1. The molecule has 0 radical (unpaired) electrons. The molecule has 20 heavy (non-hydrogen) atoms. The molecule has 0 spiro atoms. The van der Waals surface area contributed by atoms with Gasteiger partial charge >= 0.3 is 0 Å².